The first-order valence-electron chi connectivity index (χ1n) is 4.56. The number of halogens is 1. The lowest BCUT2D eigenvalue weighted by Crippen LogP contribution is -2.40. The van der Waals surface area contributed by atoms with Gasteiger partial charge in [0.2, 0.25) is 0 Å². The van der Waals surface area contributed by atoms with Crippen molar-refractivity contribution in [2.45, 2.75) is 6.54 Å². The maximum Gasteiger partial charge on any atom is 0.138 e. The maximum absolute atomic E-state index is 12.2. The number of benzene rings is 1. The molecule has 0 N–H and O–H groups in total. The Bertz CT molecular complexity index is 244. The quantitative estimate of drug-likeness (QED) is 0.626. The Kier molecular flexibility index (Phi) is 3.43. The number of alkyl halides is 1. The predicted octanol–water partition coefficient (Wildman–Crippen LogP) is 2.23. The lowest BCUT2D eigenvalue weighted by Gasteiger charge is -2.28. The molecule has 13 heavy (non-hydrogen) atoms. The van der Waals surface area contributed by atoms with Crippen molar-refractivity contribution in [1.82, 2.24) is 0 Å². The Morgan fingerprint density at radius 2 is 1.77 bits per heavy atom. The van der Waals surface area contributed by atoms with E-state index in [1.54, 1.807) is 0 Å². The highest BCUT2D eigenvalue weighted by atomic mass is 19.1. The number of rotatable bonds is 4. The lowest BCUT2D eigenvalue weighted by molar-refractivity contribution is -0.903. The summed E-state index contributed by atoms with van der Waals surface area (Å²) in [5.74, 6) is 0. The molecule has 1 aromatic rings. The SMILES string of the molecule is C[N+](C)(CCF)Cc1ccccc1. The molecule has 0 unspecified atom stereocenters. The fourth-order valence-electron chi connectivity index (χ4n) is 1.39. The highest BCUT2D eigenvalue weighted by Gasteiger charge is 2.14. The molecule has 0 amide bonds. The molecule has 2 heteroatoms. The van der Waals surface area contributed by atoms with E-state index in [0.717, 1.165) is 6.54 Å². The van der Waals surface area contributed by atoms with Crippen LogP contribution in [0, 0.1) is 0 Å². The van der Waals surface area contributed by atoms with Gasteiger partial charge in [-0.2, -0.15) is 0 Å². The fraction of sp³-hybridized carbons (Fsp3) is 0.455. The Morgan fingerprint density at radius 1 is 1.15 bits per heavy atom. The van der Waals surface area contributed by atoms with Crippen LogP contribution in [0.2, 0.25) is 0 Å². The molecule has 0 atom stereocenters. The summed E-state index contributed by atoms with van der Waals surface area (Å²) in [6, 6.07) is 10.2. The first kappa shape index (κ1) is 10.2. The van der Waals surface area contributed by atoms with Crippen molar-refractivity contribution in [3.63, 3.8) is 0 Å². The number of nitrogens with zero attached hydrogens (tertiary/aromatic N) is 1. The second-order valence-corrected chi connectivity index (χ2v) is 3.99. The van der Waals surface area contributed by atoms with Crippen molar-refractivity contribution in [2.24, 2.45) is 0 Å². The number of quaternary nitrogens is 1. The molecule has 0 bridgehead atoms. The normalized spacial score (nSPS) is 11.6. The number of hydrogen-bond acceptors (Lipinski definition) is 0. The van der Waals surface area contributed by atoms with Crippen LogP contribution in [-0.4, -0.2) is 31.8 Å². The molecular formula is C11H17FN+. The van der Waals surface area contributed by atoms with Crippen LogP contribution in [-0.2, 0) is 6.54 Å². The molecule has 0 aliphatic carbocycles. The van der Waals surface area contributed by atoms with E-state index in [4.69, 9.17) is 0 Å². The second kappa shape index (κ2) is 4.38. The van der Waals surface area contributed by atoms with E-state index in [1.165, 1.54) is 5.56 Å². The maximum atomic E-state index is 12.2. The van der Waals surface area contributed by atoms with E-state index in [2.05, 4.69) is 12.1 Å². The van der Waals surface area contributed by atoms with Gasteiger partial charge in [-0.15, -0.1) is 0 Å². The van der Waals surface area contributed by atoms with Gasteiger partial charge in [-0.1, -0.05) is 30.3 Å². The third kappa shape index (κ3) is 3.55. The highest BCUT2D eigenvalue weighted by Crippen LogP contribution is 2.08. The van der Waals surface area contributed by atoms with Crippen molar-refractivity contribution >= 4 is 0 Å². The fourth-order valence-corrected chi connectivity index (χ4v) is 1.39. The molecule has 1 rings (SSSR count). The van der Waals surface area contributed by atoms with Gasteiger partial charge in [-0.05, 0) is 0 Å². The summed E-state index contributed by atoms with van der Waals surface area (Å²) >= 11 is 0. The second-order valence-electron chi connectivity index (χ2n) is 3.99. The summed E-state index contributed by atoms with van der Waals surface area (Å²) in [5, 5.41) is 0. The smallest absolute Gasteiger partial charge is 0.138 e. The van der Waals surface area contributed by atoms with E-state index >= 15 is 0 Å². The Morgan fingerprint density at radius 3 is 2.31 bits per heavy atom. The zero-order valence-electron chi connectivity index (χ0n) is 8.33. The number of hydrogen-bond donors (Lipinski definition) is 0. The van der Waals surface area contributed by atoms with Crippen LogP contribution in [0.15, 0.2) is 30.3 Å². The first-order valence-corrected chi connectivity index (χ1v) is 4.56. The van der Waals surface area contributed by atoms with Crippen molar-refractivity contribution in [2.75, 3.05) is 27.3 Å². The molecule has 0 saturated carbocycles. The van der Waals surface area contributed by atoms with Gasteiger partial charge in [0.15, 0.2) is 0 Å². The van der Waals surface area contributed by atoms with Gasteiger partial charge in [0.1, 0.15) is 19.8 Å². The van der Waals surface area contributed by atoms with E-state index in [0.29, 0.717) is 11.0 Å². The summed E-state index contributed by atoms with van der Waals surface area (Å²) in [4.78, 5) is 0. The third-order valence-electron chi connectivity index (χ3n) is 2.14. The molecule has 0 spiro atoms. The summed E-state index contributed by atoms with van der Waals surface area (Å²) in [6.07, 6.45) is 0. The minimum absolute atomic E-state index is 0.250. The van der Waals surface area contributed by atoms with Gasteiger partial charge < -0.3 is 4.48 Å². The van der Waals surface area contributed by atoms with Crippen molar-refractivity contribution < 1.29 is 8.87 Å². The van der Waals surface area contributed by atoms with Gasteiger partial charge in [0, 0.05) is 5.56 Å². The summed E-state index contributed by atoms with van der Waals surface area (Å²) < 4.78 is 12.9. The zero-order chi connectivity index (χ0) is 9.73. The standard InChI is InChI=1S/C11H17FN/c1-13(2,9-8-12)10-11-6-4-3-5-7-11/h3-7H,8-10H2,1-2H3/q+1. The van der Waals surface area contributed by atoms with Crippen LogP contribution in [0.5, 0.6) is 0 Å². The van der Waals surface area contributed by atoms with Crippen molar-refractivity contribution in [1.29, 1.82) is 0 Å². The summed E-state index contributed by atoms with van der Waals surface area (Å²) in [6.45, 7) is 1.22. The van der Waals surface area contributed by atoms with Gasteiger partial charge in [0.05, 0.1) is 14.1 Å². The van der Waals surface area contributed by atoms with Crippen LogP contribution in [0.1, 0.15) is 5.56 Å². The molecule has 0 aromatic heterocycles. The molecule has 0 heterocycles. The van der Waals surface area contributed by atoms with Gasteiger partial charge in [-0.25, -0.2) is 4.39 Å². The molecule has 0 aliphatic rings. The third-order valence-corrected chi connectivity index (χ3v) is 2.14. The van der Waals surface area contributed by atoms with Crippen LogP contribution in [0.25, 0.3) is 0 Å². The largest absolute Gasteiger partial charge is 0.323 e. The van der Waals surface area contributed by atoms with E-state index in [1.807, 2.05) is 32.3 Å². The molecule has 0 aliphatic heterocycles. The molecule has 72 valence electrons. The average Bonchev–Trinajstić information content (AvgIpc) is 2.04. The van der Waals surface area contributed by atoms with Crippen LogP contribution < -0.4 is 0 Å². The van der Waals surface area contributed by atoms with Gasteiger partial charge in [0.25, 0.3) is 0 Å². The Hall–Kier alpha value is -0.890. The lowest BCUT2D eigenvalue weighted by atomic mass is 10.2. The zero-order valence-corrected chi connectivity index (χ0v) is 8.33. The molecule has 0 saturated heterocycles. The Balaban J connectivity index is 2.58. The molecule has 0 fully saturated rings. The Labute approximate surface area is 79.4 Å². The molecule has 1 nitrogen and oxygen atoms in total. The van der Waals surface area contributed by atoms with Crippen LogP contribution in [0.3, 0.4) is 0 Å². The minimum atomic E-state index is -0.250. The predicted molar refractivity (Wildman–Crippen MR) is 53.1 cm³/mol. The molecule has 1 aromatic carbocycles. The summed E-state index contributed by atoms with van der Waals surface area (Å²) in [7, 11) is 4.10. The van der Waals surface area contributed by atoms with Crippen LogP contribution in [0.4, 0.5) is 4.39 Å². The van der Waals surface area contributed by atoms with E-state index in [-0.39, 0.29) is 6.67 Å². The topological polar surface area (TPSA) is 0 Å². The average molecular weight is 182 g/mol. The van der Waals surface area contributed by atoms with Gasteiger partial charge >= 0.3 is 0 Å². The van der Waals surface area contributed by atoms with Crippen LogP contribution >= 0.6 is 0 Å². The minimum Gasteiger partial charge on any atom is -0.323 e. The summed E-state index contributed by atoms with van der Waals surface area (Å²) in [5.41, 5.74) is 1.26. The molecular weight excluding hydrogens is 165 g/mol. The molecule has 0 radical (unpaired) electrons. The van der Waals surface area contributed by atoms with Gasteiger partial charge in [-0.3, -0.25) is 0 Å². The van der Waals surface area contributed by atoms with Crippen molar-refractivity contribution in [3.05, 3.63) is 35.9 Å². The first-order chi connectivity index (χ1) is 6.14. The van der Waals surface area contributed by atoms with Crippen molar-refractivity contribution in [3.8, 4) is 0 Å². The highest BCUT2D eigenvalue weighted by molar-refractivity contribution is 5.13. The monoisotopic (exact) mass is 182 g/mol. The van der Waals surface area contributed by atoms with E-state index < -0.39 is 0 Å². The van der Waals surface area contributed by atoms with E-state index in [9.17, 15) is 4.39 Å².